The number of nitrogens with zero attached hydrogens (tertiary/aromatic N) is 5. The van der Waals surface area contributed by atoms with E-state index in [1.165, 1.54) is 27.8 Å². The van der Waals surface area contributed by atoms with Crippen LogP contribution in [0.1, 0.15) is 12.6 Å². The van der Waals surface area contributed by atoms with Gasteiger partial charge >= 0.3 is 5.56 Å². The lowest BCUT2D eigenvalue weighted by Crippen LogP contribution is -2.22. The summed E-state index contributed by atoms with van der Waals surface area (Å²) in [5.41, 5.74) is 3.42. The zero-order valence-corrected chi connectivity index (χ0v) is 19.1. The molecule has 2 heterocycles. The smallest absolute Gasteiger partial charge is 0.301 e. The number of hydrogen-bond donors (Lipinski definition) is 1. The van der Waals surface area contributed by atoms with Gasteiger partial charge in [0.2, 0.25) is 11.0 Å². The summed E-state index contributed by atoms with van der Waals surface area (Å²) in [6.45, 7) is 3.25. The minimum atomic E-state index is -0.337. The number of anilines is 1. The lowest BCUT2D eigenvalue weighted by Gasteiger charge is -2.14. The van der Waals surface area contributed by atoms with Crippen molar-refractivity contribution >= 4 is 45.9 Å². The molecule has 0 aliphatic rings. The van der Waals surface area contributed by atoms with Crippen LogP contribution in [0.3, 0.4) is 0 Å². The number of carbonyl (C=O) groups is 1. The lowest BCUT2D eigenvalue weighted by molar-refractivity contribution is -0.116. The van der Waals surface area contributed by atoms with E-state index in [0.717, 1.165) is 16.9 Å². The summed E-state index contributed by atoms with van der Waals surface area (Å²) >= 11 is 7.29. The molecule has 2 aromatic heterocycles. The van der Waals surface area contributed by atoms with Crippen molar-refractivity contribution in [1.29, 1.82) is 0 Å². The van der Waals surface area contributed by atoms with Gasteiger partial charge in [-0.2, -0.15) is 9.80 Å². The summed E-state index contributed by atoms with van der Waals surface area (Å²) in [6, 6.07) is 14.4. The van der Waals surface area contributed by atoms with Gasteiger partial charge in [-0.15, -0.1) is 16.5 Å². The van der Waals surface area contributed by atoms with Crippen LogP contribution < -0.4 is 10.5 Å². The molecular weight excluding hydrogens is 448 g/mol. The van der Waals surface area contributed by atoms with Crippen molar-refractivity contribution in [2.24, 2.45) is 10.2 Å². The van der Waals surface area contributed by atoms with Crippen molar-refractivity contribution in [2.75, 3.05) is 11.9 Å². The van der Waals surface area contributed by atoms with Gasteiger partial charge in [0.1, 0.15) is 0 Å². The van der Waals surface area contributed by atoms with Crippen LogP contribution in [0, 0.1) is 6.92 Å². The predicted molar refractivity (Wildman–Crippen MR) is 127 cm³/mol. The Balaban J connectivity index is 1.58. The maximum absolute atomic E-state index is 12.9. The van der Waals surface area contributed by atoms with Gasteiger partial charge in [0.15, 0.2) is 5.69 Å². The Hall–Kier alpha value is -3.56. The Morgan fingerprint density at radius 1 is 1.12 bits per heavy atom. The zero-order valence-electron chi connectivity index (χ0n) is 17.5. The van der Waals surface area contributed by atoms with Gasteiger partial charge < -0.3 is 4.90 Å². The van der Waals surface area contributed by atoms with Crippen LogP contribution in [0.25, 0.3) is 16.4 Å². The second-order valence-corrected chi connectivity index (χ2v) is 8.32. The molecule has 0 saturated heterocycles. The maximum atomic E-state index is 12.9. The second-order valence-electron chi connectivity index (χ2n) is 7.04. The van der Waals surface area contributed by atoms with E-state index < -0.39 is 0 Å². The Kier molecular flexibility index (Phi) is 6.02. The average molecular weight is 467 g/mol. The van der Waals surface area contributed by atoms with Crippen molar-refractivity contribution in [3.8, 4) is 16.4 Å². The van der Waals surface area contributed by atoms with Crippen LogP contribution in [0.15, 0.2) is 68.9 Å². The van der Waals surface area contributed by atoms with Crippen molar-refractivity contribution in [3.63, 3.8) is 0 Å². The molecule has 4 rings (SSSR count). The third-order valence-electron chi connectivity index (χ3n) is 4.84. The molecule has 162 valence electrons. The van der Waals surface area contributed by atoms with Gasteiger partial charge in [0.25, 0.3) is 0 Å². The van der Waals surface area contributed by atoms with Gasteiger partial charge in [-0.05, 0) is 43.3 Å². The number of aromatic nitrogens is 3. The number of aromatic amines is 1. The molecule has 0 bridgehead atoms. The monoisotopic (exact) mass is 466 g/mol. The summed E-state index contributed by atoms with van der Waals surface area (Å²) in [6.07, 6.45) is 0. The number of aryl methyl sites for hydroxylation is 1. The molecule has 10 heteroatoms. The highest BCUT2D eigenvalue weighted by atomic mass is 35.5. The van der Waals surface area contributed by atoms with Crippen molar-refractivity contribution < 1.29 is 4.79 Å². The molecule has 0 aliphatic heterocycles. The van der Waals surface area contributed by atoms with Gasteiger partial charge in [-0.1, -0.05) is 23.7 Å². The van der Waals surface area contributed by atoms with Crippen molar-refractivity contribution in [2.45, 2.75) is 13.8 Å². The predicted octanol–water partition coefficient (Wildman–Crippen LogP) is 5.65. The minimum absolute atomic E-state index is 0.0655. The normalized spacial score (nSPS) is 11.2. The molecular formula is C22H19ClN6O2S. The number of amides is 1. The van der Waals surface area contributed by atoms with Gasteiger partial charge in [0, 0.05) is 35.6 Å². The second kappa shape index (κ2) is 8.89. The topological polar surface area (TPSA) is 95.7 Å². The number of hydrogen-bond acceptors (Lipinski definition) is 6. The van der Waals surface area contributed by atoms with Crippen molar-refractivity contribution in [1.82, 2.24) is 14.8 Å². The largest absolute Gasteiger partial charge is 0.316 e. The molecule has 0 unspecified atom stereocenters. The van der Waals surface area contributed by atoms with Crippen LogP contribution in [-0.2, 0) is 4.79 Å². The number of carbonyl (C=O) groups excluding carboxylic acids is 1. The van der Waals surface area contributed by atoms with E-state index >= 15 is 0 Å². The molecule has 1 amide bonds. The number of thiazole rings is 1. The number of azo groups is 1. The third kappa shape index (κ3) is 4.39. The highest BCUT2D eigenvalue weighted by Crippen LogP contribution is 2.26. The van der Waals surface area contributed by atoms with Crippen LogP contribution in [0.2, 0.25) is 5.02 Å². The molecule has 0 spiro atoms. The van der Waals surface area contributed by atoms with E-state index in [1.54, 1.807) is 50.4 Å². The molecule has 0 saturated carbocycles. The minimum Gasteiger partial charge on any atom is -0.316 e. The van der Waals surface area contributed by atoms with Crippen LogP contribution in [0.4, 0.5) is 17.1 Å². The molecule has 1 N–H and O–H groups in total. The van der Waals surface area contributed by atoms with E-state index in [-0.39, 0.29) is 17.2 Å². The molecule has 0 fully saturated rings. The third-order valence-corrected chi connectivity index (χ3v) is 5.92. The molecule has 32 heavy (non-hydrogen) atoms. The fourth-order valence-corrected chi connectivity index (χ4v) is 3.86. The summed E-state index contributed by atoms with van der Waals surface area (Å²) < 4.78 is 1.36. The Morgan fingerprint density at radius 3 is 2.47 bits per heavy atom. The summed E-state index contributed by atoms with van der Waals surface area (Å²) in [7, 11) is 1.70. The van der Waals surface area contributed by atoms with E-state index in [1.807, 2.05) is 17.5 Å². The van der Waals surface area contributed by atoms with Gasteiger partial charge in [-0.25, -0.2) is 4.98 Å². The zero-order chi connectivity index (χ0) is 22.8. The summed E-state index contributed by atoms with van der Waals surface area (Å²) in [4.78, 5) is 30.5. The van der Waals surface area contributed by atoms with Crippen LogP contribution >= 0.6 is 22.9 Å². The molecule has 4 aromatic rings. The van der Waals surface area contributed by atoms with E-state index in [4.69, 9.17) is 11.6 Å². The average Bonchev–Trinajstić information content (AvgIpc) is 3.37. The van der Waals surface area contributed by atoms with Gasteiger partial charge in [0.05, 0.1) is 17.1 Å². The van der Waals surface area contributed by atoms with Crippen LogP contribution in [0.5, 0.6) is 0 Å². The molecule has 0 radical (unpaired) electrons. The Bertz CT molecular complexity index is 1350. The first kappa shape index (κ1) is 21.7. The first-order valence-electron chi connectivity index (χ1n) is 9.63. The lowest BCUT2D eigenvalue weighted by atomic mass is 10.2. The summed E-state index contributed by atoms with van der Waals surface area (Å²) in [5.74, 6) is -0.0655. The Morgan fingerprint density at radius 2 is 1.81 bits per heavy atom. The summed E-state index contributed by atoms with van der Waals surface area (Å²) in [5, 5.41) is 14.4. The van der Waals surface area contributed by atoms with Crippen LogP contribution in [-0.4, -0.2) is 27.7 Å². The quantitative estimate of drug-likeness (QED) is 0.385. The first-order valence-corrected chi connectivity index (χ1v) is 10.9. The highest BCUT2D eigenvalue weighted by molar-refractivity contribution is 7.12. The van der Waals surface area contributed by atoms with Gasteiger partial charge in [-0.3, -0.25) is 14.7 Å². The fourth-order valence-electron chi connectivity index (χ4n) is 2.94. The number of benzene rings is 2. The maximum Gasteiger partial charge on any atom is 0.301 e. The van der Waals surface area contributed by atoms with Crippen molar-refractivity contribution in [3.05, 3.63) is 75.0 Å². The molecule has 0 aliphatic carbocycles. The number of halogens is 1. The molecule has 0 atom stereocenters. The van der Waals surface area contributed by atoms with E-state index in [9.17, 15) is 9.59 Å². The molecule has 2 aromatic carbocycles. The number of rotatable bonds is 5. The SMILES string of the molecule is CC(=O)N(C)c1ccc(N=Nc2c(C)[nH]n(-c3nc(-c4ccc(Cl)cc4)cs3)c2=O)cc1. The standard InChI is InChI=1S/C22H19ClN6O2S/c1-13-20(26-25-17-8-10-18(11-9-17)28(3)14(2)30)21(31)29(27-13)22-24-19(12-32-22)15-4-6-16(23)7-5-15/h4-12,27H,1-3H3. The molecule has 8 nitrogen and oxygen atoms in total. The first-order chi connectivity index (χ1) is 15.3. The fraction of sp³-hybridized carbons (Fsp3) is 0.136. The number of H-pyrrole nitrogens is 1. The number of nitrogens with one attached hydrogen (secondary N) is 1. The van der Waals surface area contributed by atoms with E-state index in [2.05, 4.69) is 20.3 Å². The van der Waals surface area contributed by atoms with E-state index in [0.29, 0.717) is 21.5 Å². The highest BCUT2D eigenvalue weighted by Gasteiger charge is 2.15. The Labute approximate surface area is 192 Å².